The van der Waals surface area contributed by atoms with Crippen molar-refractivity contribution in [3.63, 3.8) is 0 Å². The molecule has 0 heterocycles. The molecule has 0 radical (unpaired) electrons. The summed E-state index contributed by atoms with van der Waals surface area (Å²) in [6, 6.07) is 32.0. The average molecular weight is 1360 g/mol. The number of nitrogens with one attached hydrogen (secondary N) is 1. The van der Waals surface area contributed by atoms with Gasteiger partial charge in [0.05, 0.1) is 40.6 Å². The minimum Gasteiger partial charge on any atom is -0.459 e. The lowest BCUT2D eigenvalue weighted by Gasteiger charge is -2.18. The molecule has 0 saturated carbocycles. The summed E-state index contributed by atoms with van der Waals surface area (Å²) in [6.45, 7) is 48.0. The molecular weight excluding hydrogens is 1250 g/mol. The minimum atomic E-state index is -0.674. The predicted octanol–water partition coefficient (Wildman–Crippen LogP) is 21.2. The molecule has 2 atom stereocenters. The highest BCUT2D eigenvalue weighted by Crippen LogP contribution is 2.23. The van der Waals surface area contributed by atoms with E-state index >= 15 is 0 Å². The summed E-state index contributed by atoms with van der Waals surface area (Å²) >= 11 is 10.5. The molecular formula is C75H118N4O6S6. The number of esters is 1. The van der Waals surface area contributed by atoms with Crippen LogP contribution in [0.3, 0.4) is 0 Å². The summed E-state index contributed by atoms with van der Waals surface area (Å²) in [7, 11) is 0. The Labute approximate surface area is 582 Å². The normalized spacial score (nSPS) is 10.4. The lowest BCUT2D eigenvalue weighted by molar-refractivity contribution is -0.139. The zero-order valence-electron chi connectivity index (χ0n) is 59.4. The van der Waals surface area contributed by atoms with Gasteiger partial charge < -0.3 is 19.7 Å². The Hall–Kier alpha value is -5.45. The number of carbonyl (C=O) groups is 2. The number of hydrogen-bond acceptors (Lipinski definition) is 15. The smallest absolute Gasteiger partial charge is 0.411 e. The van der Waals surface area contributed by atoms with Gasteiger partial charge in [-0.3, -0.25) is 5.32 Å². The Morgan fingerprint density at radius 1 is 0.615 bits per heavy atom. The van der Waals surface area contributed by atoms with Gasteiger partial charge in [0.15, 0.2) is 0 Å². The molecule has 0 saturated heterocycles. The van der Waals surface area contributed by atoms with E-state index in [-0.39, 0.29) is 29.6 Å². The predicted molar refractivity (Wildman–Crippen MR) is 420 cm³/mol. The van der Waals surface area contributed by atoms with Gasteiger partial charge in [-0.15, -0.1) is 24.9 Å². The van der Waals surface area contributed by atoms with E-state index in [1.54, 1.807) is 73.8 Å². The first kappa shape index (κ1) is 102. The van der Waals surface area contributed by atoms with Gasteiger partial charge >= 0.3 is 12.1 Å². The Morgan fingerprint density at radius 2 is 1.08 bits per heavy atom. The van der Waals surface area contributed by atoms with Crippen molar-refractivity contribution >= 4 is 100 Å². The molecule has 3 aromatic carbocycles. The molecule has 0 aromatic heterocycles. The maximum atomic E-state index is 11.7. The molecule has 91 heavy (non-hydrogen) atoms. The third-order valence-corrected chi connectivity index (χ3v) is 13.6. The zero-order chi connectivity index (χ0) is 72.0. The Balaban J connectivity index is -0.000000149. The van der Waals surface area contributed by atoms with Crippen LogP contribution in [-0.4, -0.2) is 113 Å². The summed E-state index contributed by atoms with van der Waals surface area (Å²) in [5, 5.41) is 47.1. The first-order valence-corrected chi connectivity index (χ1v) is 37.8. The molecule has 1 amide bonds. The number of thioether (sulfide) groups is 6. The van der Waals surface area contributed by atoms with Crippen molar-refractivity contribution in [2.24, 2.45) is 16.2 Å². The van der Waals surface area contributed by atoms with E-state index in [0.29, 0.717) is 12.1 Å². The number of rotatable bonds is 24. The highest BCUT2D eigenvalue weighted by Gasteiger charge is 2.24. The van der Waals surface area contributed by atoms with Gasteiger partial charge in [-0.05, 0) is 167 Å². The second kappa shape index (κ2) is 73.6. The van der Waals surface area contributed by atoms with Crippen LogP contribution >= 0.6 is 70.6 Å². The van der Waals surface area contributed by atoms with E-state index in [4.69, 9.17) is 30.4 Å². The second-order valence-electron chi connectivity index (χ2n) is 20.2. The first-order chi connectivity index (χ1) is 43.0. The van der Waals surface area contributed by atoms with Gasteiger partial charge in [0, 0.05) is 34.3 Å². The third-order valence-electron chi connectivity index (χ3n) is 9.97. The molecule has 3 rings (SSSR count). The van der Waals surface area contributed by atoms with E-state index in [0.717, 1.165) is 40.6 Å². The number of hydrogen-bond donors (Lipinski definition) is 3. The molecule has 510 valence electrons. The molecule has 16 heteroatoms. The van der Waals surface area contributed by atoms with Crippen molar-refractivity contribution in [1.82, 2.24) is 0 Å². The summed E-state index contributed by atoms with van der Waals surface area (Å²) < 4.78 is 9.75. The lowest BCUT2D eigenvalue weighted by atomic mass is 9.87. The van der Waals surface area contributed by atoms with Crippen molar-refractivity contribution in [3.8, 4) is 18.2 Å². The number of ether oxygens (including phenoxy) is 2. The molecule has 0 fully saturated rings. The van der Waals surface area contributed by atoms with Crippen molar-refractivity contribution in [3.05, 3.63) is 200 Å². The van der Waals surface area contributed by atoms with Crippen LogP contribution in [0.1, 0.15) is 119 Å². The van der Waals surface area contributed by atoms with Crippen molar-refractivity contribution < 1.29 is 29.3 Å². The van der Waals surface area contributed by atoms with Crippen LogP contribution in [0, 0.1) is 50.2 Å². The summed E-state index contributed by atoms with van der Waals surface area (Å²) in [4.78, 5) is 22.9. The standard InChI is InChI=1S/C18H22N2O4.C13H15N.C8H13NO.C8H8.C5H10OS.2C5H10S.2C4H8S.C3H8S.C2H6/c1-13(2)16(21)23-8-9-24-17(22)20-15-7-5-6-14(10-15)11-18(3,4)12-19;1-4-11-5-7-12(8-6-11)9-13(2,3)10-14;1-4-5-7(10)8(2,3)6-9;1-2-8-6-4-3-5-7-8;1-3-4-5(6)7-2;1-5(2)4-6-3;1-3-4-5-6-2;2*1-3-4-5-2;1-3-4-2;1-2/h5-7,10H,1,8-9,11H2,2-4H3,(H,20,22);4-8H,1,9H2,2-3H3;4-5,7,10H,1-3H3;2-7H,1H2;3-6H,1-2H3;1,4H2,2-3H3;3-4H,5H2,1-2H3;2*3H,1,4H2,2H3;3H2,1-2H3;1-2H3/b;;5-4+;;4-3+;;4-3+;;;;. The van der Waals surface area contributed by atoms with E-state index in [9.17, 15) is 14.7 Å². The number of aliphatic hydroxyl groups excluding tert-OH is 2. The van der Waals surface area contributed by atoms with Crippen molar-refractivity contribution in [2.45, 2.75) is 121 Å². The van der Waals surface area contributed by atoms with Crippen LogP contribution in [0.4, 0.5) is 10.5 Å². The number of allylic oxidation sites excluding steroid dienone is 3. The third kappa shape index (κ3) is 78.7. The number of amides is 1. The summed E-state index contributed by atoms with van der Waals surface area (Å²) in [6.07, 6.45) is 30.9. The monoisotopic (exact) mass is 1360 g/mol. The van der Waals surface area contributed by atoms with Crippen LogP contribution in [0.2, 0.25) is 0 Å². The Bertz CT molecular complexity index is 2500. The SMILES string of the molecule is C/C=C/C(O)C(C)(C)C#N.C/C=C/C(O)SC.C/C=C/CSC.C=C(C)C(=O)OCCOC(=O)Nc1cccc(CC(C)(C)C#N)c1.C=C(C)CSC.C=CCSC.C=CCSC.C=Cc1ccc(CC(C)(C)C#N)cc1.C=Cc1ccccc1.CC.CCSC. The van der Waals surface area contributed by atoms with Gasteiger partial charge in [0.2, 0.25) is 0 Å². The zero-order valence-corrected chi connectivity index (χ0v) is 64.3. The van der Waals surface area contributed by atoms with Crippen molar-refractivity contribution in [2.75, 3.05) is 84.8 Å². The second-order valence-corrected chi connectivity index (χ2v) is 25.9. The van der Waals surface area contributed by atoms with Crippen molar-refractivity contribution in [1.29, 1.82) is 15.8 Å². The molecule has 0 aliphatic carbocycles. The number of nitrogens with zero attached hydrogens (tertiary/aromatic N) is 3. The summed E-state index contributed by atoms with van der Waals surface area (Å²) in [5.41, 5.74) is 4.79. The average Bonchev–Trinajstić information content (AvgIpc) is 1.58. The number of nitriles is 3. The number of carbonyl (C=O) groups excluding carboxylic acids is 2. The van der Waals surface area contributed by atoms with Gasteiger partial charge in [0.25, 0.3) is 0 Å². The largest absolute Gasteiger partial charge is 0.459 e. The molecule has 0 aliphatic rings. The molecule has 2 unspecified atom stereocenters. The fourth-order valence-electron chi connectivity index (χ4n) is 5.17. The lowest BCUT2D eigenvalue weighted by Crippen LogP contribution is -2.25. The van der Waals surface area contributed by atoms with Gasteiger partial charge in [-0.2, -0.15) is 74.6 Å². The highest BCUT2D eigenvalue weighted by molar-refractivity contribution is 7.99. The maximum Gasteiger partial charge on any atom is 0.411 e. The quantitative estimate of drug-likeness (QED) is 0.0254. The van der Waals surface area contributed by atoms with E-state index in [1.165, 1.54) is 41.1 Å². The Morgan fingerprint density at radius 3 is 1.38 bits per heavy atom. The fourth-order valence-corrected chi connectivity index (χ4v) is 6.84. The number of benzene rings is 3. The topological polar surface area (TPSA) is 176 Å². The first-order valence-electron chi connectivity index (χ1n) is 29.6. The number of aliphatic hydroxyl groups is 2. The molecule has 3 N–H and O–H groups in total. The van der Waals surface area contributed by atoms with Crippen LogP contribution < -0.4 is 5.32 Å². The van der Waals surface area contributed by atoms with Gasteiger partial charge in [-0.1, -0.05) is 180 Å². The molecule has 0 bridgehead atoms. The van der Waals surface area contributed by atoms with Crippen LogP contribution in [-0.2, 0) is 27.1 Å². The van der Waals surface area contributed by atoms with Crippen LogP contribution in [0.5, 0.6) is 0 Å². The maximum absolute atomic E-state index is 11.7. The molecule has 0 aliphatic heterocycles. The highest BCUT2D eigenvalue weighted by atomic mass is 32.2. The summed E-state index contributed by atoms with van der Waals surface area (Å²) in [5.74, 6) is 5.10. The van der Waals surface area contributed by atoms with E-state index in [1.807, 2.05) is 196 Å². The number of anilines is 1. The Kier molecular flexibility index (Phi) is 82.2. The van der Waals surface area contributed by atoms with E-state index in [2.05, 4.69) is 119 Å². The van der Waals surface area contributed by atoms with Crippen LogP contribution in [0.15, 0.2) is 178 Å². The van der Waals surface area contributed by atoms with Crippen LogP contribution in [0.25, 0.3) is 12.2 Å². The minimum absolute atomic E-state index is 0.0322. The van der Waals surface area contributed by atoms with E-state index < -0.39 is 29.0 Å². The fraction of sp³-hybridized carbons (Fsp3) is 0.453. The molecule has 0 spiro atoms. The molecule has 10 nitrogen and oxygen atoms in total. The molecule has 3 aromatic rings. The van der Waals surface area contributed by atoms with Gasteiger partial charge in [0.1, 0.15) is 18.6 Å². The van der Waals surface area contributed by atoms with Gasteiger partial charge in [-0.25, -0.2) is 9.59 Å².